The summed E-state index contributed by atoms with van der Waals surface area (Å²) in [6, 6.07) is 8.75. The SMILES string of the molecule is COC(=O)[C@@H]1CC12CCN(C(=O)c1ccc(C#N)cc1)CC2. The van der Waals surface area contributed by atoms with Gasteiger partial charge < -0.3 is 9.64 Å². The Morgan fingerprint density at radius 2 is 1.91 bits per heavy atom. The molecule has 1 heterocycles. The van der Waals surface area contributed by atoms with Crippen LogP contribution in [-0.4, -0.2) is 37.0 Å². The Kier molecular flexibility index (Phi) is 3.61. The van der Waals surface area contributed by atoms with E-state index in [0.717, 1.165) is 19.3 Å². The third kappa shape index (κ3) is 2.45. The molecule has 1 spiro atoms. The summed E-state index contributed by atoms with van der Waals surface area (Å²) in [6.07, 6.45) is 2.60. The monoisotopic (exact) mass is 298 g/mol. The predicted molar refractivity (Wildman–Crippen MR) is 78.9 cm³/mol. The van der Waals surface area contributed by atoms with Crippen LogP contribution in [0, 0.1) is 22.7 Å². The van der Waals surface area contributed by atoms with Gasteiger partial charge >= 0.3 is 5.97 Å². The smallest absolute Gasteiger partial charge is 0.309 e. The lowest BCUT2D eigenvalue weighted by molar-refractivity contribution is -0.143. The summed E-state index contributed by atoms with van der Waals surface area (Å²) in [5.41, 5.74) is 1.22. The van der Waals surface area contributed by atoms with Crippen LogP contribution in [0.5, 0.6) is 0 Å². The molecule has 1 amide bonds. The van der Waals surface area contributed by atoms with Crippen molar-refractivity contribution in [3.63, 3.8) is 0 Å². The Hall–Kier alpha value is -2.35. The summed E-state index contributed by atoms with van der Waals surface area (Å²) >= 11 is 0. The van der Waals surface area contributed by atoms with Crippen molar-refractivity contribution in [2.45, 2.75) is 19.3 Å². The topological polar surface area (TPSA) is 70.4 Å². The minimum atomic E-state index is -0.119. The number of rotatable bonds is 2. The number of carbonyl (C=O) groups excluding carboxylic acids is 2. The maximum absolute atomic E-state index is 12.5. The number of piperidine rings is 1. The molecule has 2 aliphatic rings. The molecule has 1 aromatic carbocycles. The fraction of sp³-hybridized carbons (Fsp3) is 0.471. The van der Waals surface area contributed by atoms with Crippen LogP contribution in [0.25, 0.3) is 0 Å². The maximum Gasteiger partial charge on any atom is 0.309 e. The number of ether oxygens (including phenoxy) is 1. The number of nitriles is 1. The van der Waals surface area contributed by atoms with E-state index in [0.29, 0.717) is 24.2 Å². The quantitative estimate of drug-likeness (QED) is 0.783. The van der Waals surface area contributed by atoms with Crippen LogP contribution in [0.3, 0.4) is 0 Å². The third-order valence-corrected chi connectivity index (χ3v) is 4.98. The van der Waals surface area contributed by atoms with E-state index in [1.54, 1.807) is 24.3 Å². The second-order valence-corrected chi connectivity index (χ2v) is 6.12. The lowest BCUT2D eigenvalue weighted by atomic mass is 9.90. The van der Waals surface area contributed by atoms with E-state index in [9.17, 15) is 9.59 Å². The van der Waals surface area contributed by atoms with E-state index in [-0.39, 0.29) is 23.2 Å². The highest BCUT2D eigenvalue weighted by Gasteiger charge is 2.59. The number of hydrogen-bond donors (Lipinski definition) is 0. The molecule has 3 rings (SSSR count). The molecule has 1 saturated carbocycles. The van der Waals surface area contributed by atoms with Crippen molar-refractivity contribution in [2.75, 3.05) is 20.2 Å². The Morgan fingerprint density at radius 3 is 2.45 bits per heavy atom. The van der Waals surface area contributed by atoms with Crippen molar-refractivity contribution in [2.24, 2.45) is 11.3 Å². The number of likely N-dealkylation sites (tertiary alicyclic amines) is 1. The van der Waals surface area contributed by atoms with Gasteiger partial charge in [-0.3, -0.25) is 9.59 Å². The lowest BCUT2D eigenvalue weighted by Crippen LogP contribution is -2.40. The minimum Gasteiger partial charge on any atom is -0.469 e. The van der Waals surface area contributed by atoms with Crippen molar-refractivity contribution >= 4 is 11.9 Å². The average Bonchev–Trinajstić information content (AvgIpc) is 3.27. The van der Waals surface area contributed by atoms with E-state index in [1.807, 2.05) is 11.0 Å². The maximum atomic E-state index is 12.5. The largest absolute Gasteiger partial charge is 0.469 e. The van der Waals surface area contributed by atoms with Crippen molar-refractivity contribution in [1.29, 1.82) is 5.26 Å². The Morgan fingerprint density at radius 1 is 1.27 bits per heavy atom. The Bertz CT molecular complexity index is 637. The highest BCUT2D eigenvalue weighted by Crippen LogP contribution is 2.59. The van der Waals surface area contributed by atoms with Crippen molar-refractivity contribution in [3.8, 4) is 6.07 Å². The van der Waals surface area contributed by atoms with E-state index in [1.165, 1.54) is 7.11 Å². The van der Waals surface area contributed by atoms with Crippen molar-refractivity contribution in [1.82, 2.24) is 4.90 Å². The van der Waals surface area contributed by atoms with Crippen LogP contribution in [0.15, 0.2) is 24.3 Å². The molecule has 5 nitrogen and oxygen atoms in total. The molecule has 1 aromatic rings. The zero-order valence-electron chi connectivity index (χ0n) is 12.5. The van der Waals surface area contributed by atoms with Gasteiger partial charge in [0.15, 0.2) is 0 Å². The second-order valence-electron chi connectivity index (χ2n) is 6.12. The van der Waals surface area contributed by atoms with Crippen LogP contribution in [0.2, 0.25) is 0 Å². The molecule has 1 aliphatic carbocycles. The summed E-state index contributed by atoms with van der Waals surface area (Å²) in [6.45, 7) is 1.35. The molecule has 0 radical (unpaired) electrons. The molecule has 2 fully saturated rings. The van der Waals surface area contributed by atoms with E-state index >= 15 is 0 Å². The predicted octanol–water partition coefficient (Wildman–Crippen LogP) is 1.97. The van der Waals surface area contributed by atoms with Crippen LogP contribution >= 0.6 is 0 Å². The standard InChI is InChI=1S/C17H18N2O3/c1-22-16(21)14-10-17(14)6-8-19(9-7-17)15(20)13-4-2-12(11-18)3-5-13/h2-5,14H,6-10H2,1H3/t14-/m0/s1. The number of methoxy groups -OCH3 is 1. The zero-order valence-corrected chi connectivity index (χ0v) is 12.5. The number of nitrogens with zero attached hydrogens (tertiary/aromatic N) is 2. The third-order valence-electron chi connectivity index (χ3n) is 4.98. The zero-order chi connectivity index (χ0) is 15.7. The van der Waals surface area contributed by atoms with Gasteiger partial charge in [0.2, 0.25) is 0 Å². The van der Waals surface area contributed by atoms with Gasteiger partial charge in [0.25, 0.3) is 5.91 Å². The second kappa shape index (κ2) is 5.45. The molecule has 114 valence electrons. The van der Waals surface area contributed by atoms with E-state index in [4.69, 9.17) is 10.00 Å². The van der Waals surface area contributed by atoms with Crippen LogP contribution in [0.4, 0.5) is 0 Å². The van der Waals surface area contributed by atoms with Crippen molar-refractivity contribution < 1.29 is 14.3 Å². The molecule has 1 saturated heterocycles. The molecular weight excluding hydrogens is 280 g/mol. The first-order valence-corrected chi connectivity index (χ1v) is 7.47. The van der Waals surface area contributed by atoms with Gasteiger partial charge in [0, 0.05) is 18.7 Å². The highest BCUT2D eigenvalue weighted by molar-refractivity contribution is 5.94. The van der Waals surface area contributed by atoms with Crippen LogP contribution in [0.1, 0.15) is 35.2 Å². The van der Waals surface area contributed by atoms with Gasteiger partial charge in [0.05, 0.1) is 24.7 Å². The number of carbonyl (C=O) groups is 2. The van der Waals surface area contributed by atoms with Gasteiger partial charge in [-0.05, 0) is 48.9 Å². The first-order chi connectivity index (χ1) is 10.6. The molecule has 1 atom stereocenters. The molecule has 0 bridgehead atoms. The molecular formula is C17H18N2O3. The number of esters is 1. The minimum absolute atomic E-state index is 0.00499. The lowest BCUT2D eigenvalue weighted by Gasteiger charge is -2.32. The molecule has 22 heavy (non-hydrogen) atoms. The summed E-state index contributed by atoms with van der Waals surface area (Å²) in [4.78, 5) is 25.9. The Labute approximate surface area is 129 Å². The molecule has 0 unspecified atom stereocenters. The molecule has 0 aromatic heterocycles. The number of amides is 1. The summed E-state index contributed by atoms with van der Waals surface area (Å²) in [7, 11) is 1.43. The van der Waals surface area contributed by atoms with Gasteiger partial charge in [0.1, 0.15) is 0 Å². The van der Waals surface area contributed by atoms with Crippen LogP contribution in [-0.2, 0) is 9.53 Å². The molecule has 0 N–H and O–H groups in total. The first kappa shape index (κ1) is 14.6. The summed E-state index contributed by atoms with van der Waals surface area (Å²) < 4.78 is 4.82. The van der Waals surface area contributed by atoms with E-state index in [2.05, 4.69) is 0 Å². The normalized spacial score (nSPS) is 22.0. The fourth-order valence-corrected chi connectivity index (χ4v) is 3.40. The first-order valence-electron chi connectivity index (χ1n) is 7.47. The van der Waals surface area contributed by atoms with Crippen LogP contribution < -0.4 is 0 Å². The van der Waals surface area contributed by atoms with Gasteiger partial charge in [-0.25, -0.2) is 0 Å². The summed E-state index contributed by atoms with van der Waals surface area (Å²) in [5.74, 6) is -0.105. The van der Waals surface area contributed by atoms with Gasteiger partial charge in [-0.2, -0.15) is 5.26 Å². The number of benzene rings is 1. The fourth-order valence-electron chi connectivity index (χ4n) is 3.40. The Balaban J connectivity index is 1.61. The van der Waals surface area contributed by atoms with Crippen molar-refractivity contribution in [3.05, 3.63) is 35.4 Å². The molecule has 1 aliphatic heterocycles. The van der Waals surface area contributed by atoms with Gasteiger partial charge in [-0.15, -0.1) is 0 Å². The highest BCUT2D eigenvalue weighted by atomic mass is 16.5. The van der Waals surface area contributed by atoms with E-state index < -0.39 is 0 Å². The summed E-state index contributed by atoms with van der Waals surface area (Å²) in [5, 5.41) is 8.79. The molecule has 5 heteroatoms. The van der Waals surface area contributed by atoms with Gasteiger partial charge in [-0.1, -0.05) is 0 Å². The number of hydrogen-bond acceptors (Lipinski definition) is 4. The average molecular weight is 298 g/mol.